The van der Waals surface area contributed by atoms with Crippen LogP contribution < -0.4 is 20.4 Å². The van der Waals surface area contributed by atoms with E-state index >= 15 is 0 Å². The summed E-state index contributed by atoms with van der Waals surface area (Å²) in [6, 6.07) is 29.6. The van der Waals surface area contributed by atoms with Crippen molar-refractivity contribution in [3.05, 3.63) is 126 Å². The zero-order valence-corrected chi connectivity index (χ0v) is 23.8. The van der Waals surface area contributed by atoms with Gasteiger partial charge in [0, 0.05) is 23.1 Å². The van der Waals surface area contributed by atoms with Gasteiger partial charge in [-0.1, -0.05) is 72.8 Å². The maximum atomic E-state index is 14.3. The third-order valence-corrected chi connectivity index (χ3v) is 7.27. The molecule has 2 unspecified atom stereocenters. The minimum absolute atomic E-state index is 0.00516. The Labute approximate surface area is 249 Å². The van der Waals surface area contributed by atoms with E-state index in [1.165, 1.54) is 23.1 Å². The first-order valence-corrected chi connectivity index (χ1v) is 14.0. The summed E-state index contributed by atoms with van der Waals surface area (Å²) in [5.74, 6) is -2.74. The minimum atomic E-state index is -1.40. The lowest BCUT2D eigenvalue weighted by molar-refractivity contribution is -0.129. The third-order valence-electron chi connectivity index (χ3n) is 7.27. The van der Waals surface area contributed by atoms with Crippen LogP contribution in [0.15, 0.2) is 109 Å². The van der Waals surface area contributed by atoms with E-state index in [2.05, 4.69) is 10.6 Å². The monoisotopic (exact) mass is 576 g/mol. The predicted octanol–water partition coefficient (Wildman–Crippen LogP) is 4.86. The first-order valence-electron chi connectivity index (χ1n) is 14.0. The van der Waals surface area contributed by atoms with E-state index < -0.39 is 29.9 Å². The van der Waals surface area contributed by atoms with Crippen molar-refractivity contribution in [2.24, 2.45) is 0 Å². The van der Waals surface area contributed by atoms with Gasteiger partial charge in [0.1, 0.15) is 6.54 Å². The van der Waals surface area contributed by atoms with Crippen LogP contribution >= 0.6 is 0 Å². The van der Waals surface area contributed by atoms with E-state index in [1.807, 2.05) is 86.6 Å². The van der Waals surface area contributed by atoms with Crippen molar-refractivity contribution >= 4 is 40.8 Å². The van der Waals surface area contributed by atoms with Gasteiger partial charge in [0.25, 0.3) is 11.8 Å². The Balaban J connectivity index is 1.56. The number of nitrogens with zero attached hydrogens (tertiary/aromatic N) is 2. The molecule has 5 rings (SSSR count). The number of carbonyl (C=O) groups excluding carboxylic acids is 3. The summed E-state index contributed by atoms with van der Waals surface area (Å²) in [6.07, 6.45) is 0. The highest BCUT2D eigenvalue weighted by atomic mass is 16.4. The van der Waals surface area contributed by atoms with Gasteiger partial charge in [0.15, 0.2) is 6.04 Å². The van der Waals surface area contributed by atoms with Gasteiger partial charge in [0.05, 0.1) is 11.6 Å². The molecular formula is C34H32N4O5. The Morgan fingerprint density at radius 1 is 0.884 bits per heavy atom. The molecule has 43 heavy (non-hydrogen) atoms. The summed E-state index contributed by atoms with van der Waals surface area (Å²) in [5.41, 5.74) is 3.00. The summed E-state index contributed by atoms with van der Waals surface area (Å²) < 4.78 is 0. The third kappa shape index (κ3) is 6.32. The molecule has 3 amide bonds. The standard InChI is InChI=1S/C34H32N4O5/c1-22(2)38(26-16-7-4-8-17-26)29(39)21-37-28-19-10-9-18-27(28)30(23-12-5-3-6-13-23)36-31(33(37)41)32(40)35-25-15-11-14-24(20-25)34(42)43/h3-20,22,30-31,36H,21H2,1-2H3,(H,35,40)(H,42,43). The van der Waals surface area contributed by atoms with Crippen LogP contribution in [0.2, 0.25) is 0 Å². The Morgan fingerprint density at radius 3 is 2.21 bits per heavy atom. The van der Waals surface area contributed by atoms with Gasteiger partial charge in [-0.2, -0.15) is 0 Å². The van der Waals surface area contributed by atoms with Crippen molar-refractivity contribution in [3.63, 3.8) is 0 Å². The van der Waals surface area contributed by atoms with Crippen LogP contribution in [0.4, 0.5) is 17.1 Å². The maximum Gasteiger partial charge on any atom is 0.335 e. The summed E-state index contributed by atoms with van der Waals surface area (Å²) in [4.78, 5) is 56.5. The lowest BCUT2D eigenvalue weighted by atomic mass is 9.97. The molecule has 9 nitrogen and oxygen atoms in total. The van der Waals surface area contributed by atoms with E-state index in [-0.39, 0.29) is 29.7 Å². The van der Waals surface area contributed by atoms with E-state index in [0.717, 1.165) is 11.1 Å². The number of carboxylic acid groups (broad SMARTS) is 1. The fourth-order valence-corrected chi connectivity index (χ4v) is 5.33. The lowest BCUT2D eigenvalue weighted by Gasteiger charge is -2.31. The molecule has 9 heteroatoms. The molecule has 0 aromatic heterocycles. The molecule has 1 aliphatic heterocycles. The molecule has 3 N–H and O–H groups in total. The molecule has 0 fully saturated rings. The largest absolute Gasteiger partial charge is 0.478 e. The van der Waals surface area contributed by atoms with Gasteiger partial charge in [-0.3, -0.25) is 19.7 Å². The van der Waals surface area contributed by atoms with Crippen LogP contribution in [0.3, 0.4) is 0 Å². The van der Waals surface area contributed by atoms with Gasteiger partial charge in [-0.25, -0.2) is 4.79 Å². The number of carboxylic acids is 1. The summed E-state index contributed by atoms with van der Waals surface area (Å²) in [5, 5.41) is 15.3. The Kier molecular flexibility index (Phi) is 8.64. The summed E-state index contributed by atoms with van der Waals surface area (Å²) in [6.45, 7) is 3.50. The molecule has 1 heterocycles. The van der Waals surface area contributed by atoms with Crippen LogP contribution in [0.1, 0.15) is 41.4 Å². The van der Waals surface area contributed by atoms with Crippen LogP contribution in [0, 0.1) is 0 Å². The highest BCUT2D eigenvalue weighted by molar-refractivity contribution is 6.17. The average Bonchev–Trinajstić information content (AvgIpc) is 3.12. The number of fused-ring (bicyclic) bond motifs is 1. The van der Waals surface area contributed by atoms with E-state index in [1.54, 1.807) is 23.1 Å². The number of nitrogens with one attached hydrogen (secondary N) is 2. The normalized spacial score (nSPS) is 16.3. The zero-order valence-electron chi connectivity index (χ0n) is 23.8. The van der Waals surface area contributed by atoms with E-state index in [4.69, 9.17) is 0 Å². The fraction of sp³-hybridized carbons (Fsp3) is 0.176. The number of aromatic carboxylic acids is 1. The smallest absolute Gasteiger partial charge is 0.335 e. The van der Waals surface area contributed by atoms with E-state index in [9.17, 15) is 24.3 Å². The van der Waals surface area contributed by atoms with Crippen LogP contribution in [-0.4, -0.2) is 47.4 Å². The maximum absolute atomic E-state index is 14.3. The first-order chi connectivity index (χ1) is 20.7. The second-order valence-electron chi connectivity index (χ2n) is 10.5. The van der Waals surface area contributed by atoms with Crippen molar-refractivity contribution < 1.29 is 24.3 Å². The molecular weight excluding hydrogens is 544 g/mol. The molecule has 0 radical (unpaired) electrons. The number of amides is 3. The van der Waals surface area contributed by atoms with Gasteiger partial charge in [-0.15, -0.1) is 0 Å². The highest BCUT2D eigenvalue weighted by Gasteiger charge is 2.40. The molecule has 1 aliphatic rings. The Morgan fingerprint density at radius 2 is 1.53 bits per heavy atom. The number of hydrogen-bond donors (Lipinski definition) is 3. The molecule has 0 aliphatic carbocycles. The van der Waals surface area contributed by atoms with Gasteiger partial charge in [-0.05, 0) is 61.4 Å². The molecule has 218 valence electrons. The zero-order chi connectivity index (χ0) is 30.5. The summed E-state index contributed by atoms with van der Waals surface area (Å²) in [7, 11) is 0. The molecule has 4 aromatic carbocycles. The molecule has 0 saturated heterocycles. The second-order valence-corrected chi connectivity index (χ2v) is 10.5. The van der Waals surface area contributed by atoms with Crippen molar-refractivity contribution in [1.82, 2.24) is 5.32 Å². The average molecular weight is 577 g/mol. The van der Waals surface area contributed by atoms with Crippen LogP contribution in [-0.2, 0) is 14.4 Å². The number of rotatable bonds is 8. The van der Waals surface area contributed by atoms with Crippen molar-refractivity contribution in [1.29, 1.82) is 0 Å². The molecule has 0 spiro atoms. The van der Waals surface area contributed by atoms with Crippen molar-refractivity contribution in [2.75, 3.05) is 21.7 Å². The predicted molar refractivity (Wildman–Crippen MR) is 165 cm³/mol. The lowest BCUT2D eigenvalue weighted by Crippen LogP contribution is -2.54. The van der Waals surface area contributed by atoms with Gasteiger partial charge < -0.3 is 20.2 Å². The summed E-state index contributed by atoms with van der Waals surface area (Å²) >= 11 is 0. The highest BCUT2D eigenvalue weighted by Crippen LogP contribution is 2.35. The Bertz CT molecular complexity index is 1640. The van der Waals surface area contributed by atoms with Gasteiger partial charge >= 0.3 is 5.97 Å². The number of hydrogen-bond acceptors (Lipinski definition) is 5. The van der Waals surface area contributed by atoms with Crippen molar-refractivity contribution in [3.8, 4) is 0 Å². The second kappa shape index (κ2) is 12.7. The van der Waals surface area contributed by atoms with Crippen LogP contribution in [0.25, 0.3) is 0 Å². The topological polar surface area (TPSA) is 119 Å². The number of carbonyl (C=O) groups is 4. The fourth-order valence-electron chi connectivity index (χ4n) is 5.33. The molecule has 2 atom stereocenters. The van der Waals surface area contributed by atoms with Gasteiger partial charge in [0.2, 0.25) is 5.91 Å². The Hall–Kier alpha value is -5.28. The van der Waals surface area contributed by atoms with Crippen molar-refractivity contribution in [2.45, 2.75) is 32.0 Å². The minimum Gasteiger partial charge on any atom is -0.478 e. The van der Waals surface area contributed by atoms with E-state index in [0.29, 0.717) is 11.4 Å². The number of benzene rings is 4. The quantitative estimate of drug-likeness (QED) is 0.258. The first kappa shape index (κ1) is 29.2. The number of para-hydroxylation sites is 2. The van der Waals surface area contributed by atoms with Crippen LogP contribution in [0.5, 0.6) is 0 Å². The SMILES string of the molecule is CC(C)N(C(=O)CN1C(=O)C(C(=O)Nc2cccc(C(=O)O)c2)NC(c2ccccc2)c2ccccc21)c1ccccc1. The molecule has 4 aromatic rings. The molecule has 0 saturated carbocycles. The number of anilines is 3. The molecule has 0 bridgehead atoms.